The lowest BCUT2D eigenvalue weighted by molar-refractivity contribution is -0.140. The van der Waals surface area contributed by atoms with Gasteiger partial charge >= 0.3 is 0 Å². The van der Waals surface area contributed by atoms with Crippen LogP contribution in [0.4, 0.5) is 10.7 Å². The van der Waals surface area contributed by atoms with Gasteiger partial charge in [0.05, 0.1) is 11.0 Å². The lowest BCUT2D eigenvalue weighted by atomic mass is 9.49. The first-order valence-corrected chi connectivity index (χ1v) is 13.1. The number of hydrogen-bond donors (Lipinski definition) is 2. The molecular formula is C27H32N2O2S. The summed E-state index contributed by atoms with van der Waals surface area (Å²) in [7, 11) is 0. The van der Waals surface area contributed by atoms with Gasteiger partial charge in [-0.2, -0.15) is 0 Å². The Bertz CT molecular complexity index is 1030. The van der Waals surface area contributed by atoms with Crippen molar-refractivity contribution in [1.82, 2.24) is 0 Å². The Morgan fingerprint density at radius 1 is 0.906 bits per heavy atom. The number of carbonyl (C=O) groups is 2. The third-order valence-corrected chi connectivity index (χ3v) is 9.66. The molecule has 1 aromatic heterocycles. The molecule has 5 aliphatic rings. The first kappa shape index (κ1) is 20.5. The zero-order valence-corrected chi connectivity index (χ0v) is 19.7. The Hall–Kier alpha value is -2.14. The molecule has 4 saturated carbocycles. The fourth-order valence-corrected chi connectivity index (χ4v) is 8.63. The van der Waals surface area contributed by atoms with Crippen molar-refractivity contribution < 1.29 is 9.59 Å². The van der Waals surface area contributed by atoms with Crippen molar-refractivity contribution in [2.75, 3.05) is 10.6 Å². The van der Waals surface area contributed by atoms with Gasteiger partial charge in [-0.15, -0.1) is 11.3 Å². The van der Waals surface area contributed by atoms with Crippen molar-refractivity contribution in [2.45, 2.75) is 71.1 Å². The van der Waals surface area contributed by atoms with Crippen LogP contribution in [0, 0.1) is 30.1 Å². The van der Waals surface area contributed by atoms with Crippen LogP contribution in [0.5, 0.6) is 0 Å². The Kier molecular flexibility index (Phi) is 4.94. The average Bonchev–Trinajstić information content (AvgIpc) is 3.12. The van der Waals surface area contributed by atoms with Crippen molar-refractivity contribution >= 4 is 33.8 Å². The van der Waals surface area contributed by atoms with Gasteiger partial charge in [-0.25, -0.2) is 0 Å². The van der Waals surface area contributed by atoms with Crippen molar-refractivity contribution in [3.05, 3.63) is 45.8 Å². The molecule has 2 aromatic rings. The average molecular weight is 449 g/mol. The van der Waals surface area contributed by atoms with Gasteiger partial charge in [-0.1, -0.05) is 17.7 Å². The number of thiophene rings is 1. The molecule has 168 valence electrons. The molecule has 0 atom stereocenters. The minimum atomic E-state index is -0.204. The van der Waals surface area contributed by atoms with Crippen LogP contribution < -0.4 is 10.6 Å². The lowest BCUT2D eigenvalue weighted by Gasteiger charge is -2.55. The van der Waals surface area contributed by atoms with E-state index in [4.69, 9.17) is 0 Å². The van der Waals surface area contributed by atoms with E-state index in [9.17, 15) is 9.59 Å². The van der Waals surface area contributed by atoms with Crippen LogP contribution in [-0.2, 0) is 17.6 Å². The number of fused-ring (bicyclic) bond motifs is 1. The van der Waals surface area contributed by atoms with E-state index in [1.165, 1.54) is 29.7 Å². The summed E-state index contributed by atoms with van der Waals surface area (Å²) >= 11 is 1.64. The number of rotatable bonds is 4. The quantitative estimate of drug-likeness (QED) is 0.573. The second kappa shape index (κ2) is 7.72. The highest BCUT2D eigenvalue weighted by atomic mass is 32.1. The van der Waals surface area contributed by atoms with E-state index in [-0.39, 0.29) is 17.2 Å². The number of nitrogens with one attached hydrogen (secondary N) is 2. The maximum absolute atomic E-state index is 13.7. The largest absolute Gasteiger partial charge is 0.322 e. The Morgan fingerprint density at radius 3 is 2.19 bits per heavy atom. The van der Waals surface area contributed by atoms with Crippen LogP contribution in [0.1, 0.15) is 77.7 Å². The molecule has 7 rings (SSSR count). The molecule has 0 spiro atoms. The molecule has 32 heavy (non-hydrogen) atoms. The highest BCUT2D eigenvalue weighted by Gasteiger charge is 2.54. The standard InChI is InChI=1S/C27H32N2O2S/c1-16-6-8-20(9-7-16)28-24(30)23-21-4-2-3-5-22(21)32-25(23)29-26(31)27-13-17-10-18(14-27)12-19(11-17)15-27/h6-9,17-19H,2-5,10-15H2,1H3,(H,28,30)(H,29,31). The van der Waals surface area contributed by atoms with Crippen LogP contribution in [0.3, 0.4) is 0 Å². The number of hydrogen-bond acceptors (Lipinski definition) is 3. The zero-order valence-electron chi connectivity index (χ0n) is 18.8. The van der Waals surface area contributed by atoms with E-state index in [0.29, 0.717) is 5.56 Å². The van der Waals surface area contributed by atoms with Crippen molar-refractivity contribution in [1.29, 1.82) is 0 Å². The van der Waals surface area contributed by atoms with E-state index in [1.807, 2.05) is 31.2 Å². The Balaban J connectivity index is 1.29. The highest BCUT2D eigenvalue weighted by molar-refractivity contribution is 7.17. The van der Waals surface area contributed by atoms with Gasteiger partial charge in [0.2, 0.25) is 5.91 Å². The van der Waals surface area contributed by atoms with Gasteiger partial charge in [0.15, 0.2) is 0 Å². The molecule has 0 radical (unpaired) electrons. The molecule has 2 amide bonds. The predicted octanol–water partition coefficient (Wildman–Crippen LogP) is 6.34. The van der Waals surface area contributed by atoms with E-state index < -0.39 is 0 Å². The molecule has 0 saturated heterocycles. The van der Waals surface area contributed by atoms with E-state index in [0.717, 1.165) is 79.0 Å². The third-order valence-electron chi connectivity index (χ3n) is 8.45. The minimum Gasteiger partial charge on any atom is -0.322 e. The van der Waals surface area contributed by atoms with Crippen LogP contribution in [0.15, 0.2) is 24.3 Å². The molecule has 4 fully saturated rings. The summed E-state index contributed by atoms with van der Waals surface area (Å²) in [5.74, 6) is 2.28. The monoisotopic (exact) mass is 448 g/mol. The Morgan fingerprint density at radius 2 is 1.53 bits per heavy atom. The predicted molar refractivity (Wildman–Crippen MR) is 129 cm³/mol. The molecule has 5 aliphatic carbocycles. The van der Waals surface area contributed by atoms with Gasteiger partial charge in [0, 0.05) is 10.6 Å². The van der Waals surface area contributed by atoms with Crippen molar-refractivity contribution in [2.24, 2.45) is 23.2 Å². The number of amides is 2. The van der Waals surface area contributed by atoms with Gasteiger partial charge in [0.1, 0.15) is 5.00 Å². The summed E-state index contributed by atoms with van der Waals surface area (Å²) in [5, 5.41) is 7.19. The fraction of sp³-hybridized carbons (Fsp3) is 0.556. The van der Waals surface area contributed by atoms with E-state index >= 15 is 0 Å². The molecule has 1 heterocycles. The molecule has 0 unspecified atom stereocenters. The van der Waals surface area contributed by atoms with Crippen LogP contribution in [0.25, 0.3) is 0 Å². The maximum atomic E-state index is 13.7. The number of aryl methyl sites for hydroxylation is 2. The molecule has 1 aromatic carbocycles. The molecule has 5 heteroatoms. The Labute approximate surface area is 194 Å². The third kappa shape index (κ3) is 3.49. The summed E-state index contributed by atoms with van der Waals surface area (Å²) in [6, 6.07) is 7.91. The van der Waals surface area contributed by atoms with E-state index in [1.54, 1.807) is 11.3 Å². The highest BCUT2D eigenvalue weighted by Crippen LogP contribution is 2.60. The van der Waals surface area contributed by atoms with Crippen LogP contribution in [0.2, 0.25) is 0 Å². The van der Waals surface area contributed by atoms with Gasteiger partial charge in [0.25, 0.3) is 5.91 Å². The molecule has 4 bridgehead atoms. The number of carbonyl (C=O) groups excluding carboxylic acids is 2. The first-order valence-electron chi connectivity index (χ1n) is 12.3. The number of benzene rings is 1. The SMILES string of the molecule is Cc1ccc(NC(=O)c2c(NC(=O)C34CC5CC(CC(C5)C3)C4)sc3c2CCCC3)cc1. The zero-order chi connectivity index (χ0) is 21.9. The summed E-state index contributed by atoms with van der Waals surface area (Å²) in [5.41, 5.74) is 3.63. The topological polar surface area (TPSA) is 58.2 Å². The smallest absolute Gasteiger partial charge is 0.258 e. The lowest BCUT2D eigenvalue weighted by Crippen LogP contribution is -2.51. The van der Waals surface area contributed by atoms with Crippen molar-refractivity contribution in [3.63, 3.8) is 0 Å². The van der Waals surface area contributed by atoms with Crippen LogP contribution in [-0.4, -0.2) is 11.8 Å². The van der Waals surface area contributed by atoms with Gasteiger partial charge in [-0.3, -0.25) is 9.59 Å². The van der Waals surface area contributed by atoms with E-state index in [2.05, 4.69) is 10.6 Å². The van der Waals surface area contributed by atoms with Crippen molar-refractivity contribution in [3.8, 4) is 0 Å². The molecule has 2 N–H and O–H groups in total. The molecule has 0 aliphatic heterocycles. The first-order chi connectivity index (χ1) is 15.5. The molecular weight excluding hydrogens is 416 g/mol. The van der Waals surface area contributed by atoms with Crippen LogP contribution >= 0.6 is 11.3 Å². The van der Waals surface area contributed by atoms with Gasteiger partial charge < -0.3 is 10.6 Å². The number of anilines is 2. The summed E-state index contributed by atoms with van der Waals surface area (Å²) < 4.78 is 0. The second-order valence-electron chi connectivity index (χ2n) is 10.9. The minimum absolute atomic E-state index is 0.0888. The fourth-order valence-electron chi connectivity index (χ4n) is 7.35. The maximum Gasteiger partial charge on any atom is 0.258 e. The van der Waals surface area contributed by atoms with Gasteiger partial charge in [-0.05, 0) is 107 Å². The molecule has 4 nitrogen and oxygen atoms in total. The summed E-state index contributed by atoms with van der Waals surface area (Å²) in [6.45, 7) is 2.04. The summed E-state index contributed by atoms with van der Waals surface area (Å²) in [6.07, 6.45) is 11.3. The summed E-state index contributed by atoms with van der Waals surface area (Å²) in [4.78, 5) is 28.4. The second-order valence-corrected chi connectivity index (χ2v) is 12.0. The normalized spacial score (nSPS) is 30.1.